The van der Waals surface area contributed by atoms with E-state index in [0.717, 1.165) is 58.5 Å². The van der Waals surface area contributed by atoms with E-state index < -0.39 is 6.17 Å². The molecule has 1 saturated carbocycles. The first-order valence-electron chi connectivity index (χ1n) is 13.2. The maximum Gasteiger partial charge on any atom is 0.290 e. The van der Waals surface area contributed by atoms with Gasteiger partial charge >= 0.3 is 0 Å². The Morgan fingerprint density at radius 3 is 2.56 bits per heavy atom. The molecule has 1 aromatic heterocycles. The van der Waals surface area contributed by atoms with Crippen molar-refractivity contribution < 1.29 is 9.47 Å². The third-order valence-electron chi connectivity index (χ3n) is 7.18. The Labute approximate surface area is 231 Å². The van der Waals surface area contributed by atoms with Crippen LogP contribution in [0.4, 0.5) is 10.7 Å². The third kappa shape index (κ3) is 5.30. The molecule has 3 aliphatic rings. The normalized spacial score (nSPS) is 19.2. The van der Waals surface area contributed by atoms with Crippen molar-refractivity contribution in [2.75, 3.05) is 36.5 Å². The molecule has 2 aromatic carbocycles. The van der Waals surface area contributed by atoms with Crippen LogP contribution in [0.15, 0.2) is 71.9 Å². The van der Waals surface area contributed by atoms with Crippen molar-refractivity contribution >= 4 is 39.7 Å². The number of fused-ring (bicyclic) bond motifs is 1. The van der Waals surface area contributed by atoms with Crippen molar-refractivity contribution in [3.8, 4) is 0 Å². The van der Waals surface area contributed by atoms with Crippen LogP contribution in [0.1, 0.15) is 47.0 Å². The predicted octanol–water partition coefficient (Wildman–Crippen LogP) is 4.92. The number of benzodiazepines with no additional fused rings is 1. The second-order valence-electron chi connectivity index (χ2n) is 9.78. The lowest BCUT2D eigenvalue weighted by Gasteiger charge is -2.28. The number of morpholine rings is 1. The number of benzene rings is 2. The van der Waals surface area contributed by atoms with Crippen LogP contribution in [0.5, 0.6) is 0 Å². The van der Waals surface area contributed by atoms with Gasteiger partial charge in [-0.2, -0.15) is 0 Å². The van der Waals surface area contributed by atoms with E-state index in [1.807, 2.05) is 54.6 Å². The molecule has 3 aromatic rings. The minimum Gasteiger partial charge on any atom is -0.405 e. The zero-order chi connectivity index (χ0) is 26.8. The average molecular weight is 542 g/mol. The maximum absolute atomic E-state index is 8.75. The fraction of sp³-hybridized carbons (Fsp3) is 0.310. The van der Waals surface area contributed by atoms with Gasteiger partial charge in [0.25, 0.3) is 6.02 Å². The van der Waals surface area contributed by atoms with E-state index >= 15 is 0 Å². The number of aliphatic imine (C=N–C) groups is 1. The Hall–Kier alpha value is -4.02. The zero-order valence-electron chi connectivity index (χ0n) is 21.6. The Morgan fingerprint density at radius 2 is 1.82 bits per heavy atom. The summed E-state index contributed by atoms with van der Waals surface area (Å²) < 4.78 is 11.3. The molecule has 0 amide bonds. The first kappa shape index (κ1) is 25.3. The lowest BCUT2D eigenvalue weighted by atomic mass is 9.86. The molecule has 2 aliphatic heterocycles. The van der Waals surface area contributed by atoms with Gasteiger partial charge in [0, 0.05) is 35.8 Å². The van der Waals surface area contributed by atoms with E-state index in [-0.39, 0.29) is 11.9 Å². The van der Waals surface area contributed by atoms with Gasteiger partial charge in [0.1, 0.15) is 5.00 Å². The molecule has 1 unspecified atom stereocenters. The molecule has 10 heteroatoms. The summed E-state index contributed by atoms with van der Waals surface area (Å²) in [6, 6.07) is 17.6. The molecule has 0 spiro atoms. The number of aromatic nitrogens is 1. The molecule has 0 bridgehead atoms. The molecule has 6 rings (SSSR count). The number of para-hydroxylation sites is 1. The summed E-state index contributed by atoms with van der Waals surface area (Å²) in [6.45, 7) is 6.94. The fourth-order valence-corrected chi connectivity index (χ4v) is 6.14. The standard InChI is InChI=1S/C29H31N7O2S/c1-18-26(33-23(19-8-3-2-4-9-19)21-12-5-6-13-22(21)32-18)35-29(31)38-25(30)24-28(36-14-16-37-17-15-36)39-27(34-24)20-10-7-11-20/h2-6,8-9,12-13,20,26,30,32H,1,7,10-11,14-17H2,(H2,31,35). The minimum absolute atomic E-state index is 0.154. The van der Waals surface area contributed by atoms with Crippen molar-refractivity contribution in [2.24, 2.45) is 4.99 Å². The smallest absolute Gasteiger partial charge is 0.290 e. The molecule has 3 heterocycles. The fourth-order valence-electron chi connectivity index (χ4n) is 4.85. The van der Waals surface area contributed by atoms with Gasteiger partial charge in [-0.25, -0.2) is 4.98 Å². The number of anilines is 2. The van der Waals surface area contributed by atoms with Crippen molar-refractivity contribution in [2.45, 2.75) is 31.3 Å². The van der Waals surface area contributed by atoms with E-state index in [1.165, 1.54) is 6.42 Å². The van der Waals surface area contributed by atoms with Crippen LogP contribution < -0.4 is 15.5 Å². The van der Waals surface area contributed by atoms with E-state index in [4.69, 9.17) is 30.3 Å². The molecular formula is C29H31N7O2S. The van der Waals surface area contributed by atoms with Crippen molar-refractivity contribution in [1.29, 1.82) is 10.8 Å². The average Bonchev–Trinajstić information content (AvgIpc) is 3.30. The Kier molecular flexibility index (Phi) is 7.12. The molecule has 200 valence electrons. The summed E-state index contributed by atoms with van der Waals surface area (Å²) in [5.74, 6) is 0.292. The Bertz CT molecular complexity index is 1420. The number of rotatable bonds is 5. The van der Waals surface area contributed by atoms with Gasteiger partial charge in [0.15, 0.2) is 11.9 Å². The molecule has 4 N–H and O–H groups in total. The van der Waals surface area contributed by atoms with E-state index in [9.17, 15) is 0 Å². The number of nitrogens with zero attached hydrogens (tertiary/aromatic N) is 3. The summed E-state index contributed by atoms with van der Waals surface area (Å²) >= 11 is 1.64. The van der Waals surface area contributed by atoms with Gasteiger partial charge in [0.05, 0.1) is 29.6 Å². The van der Waals surface area contributed by atoms with Crippen LogP contribution in [0.3, 0.4) is 0 Å². The molecule has 1 aliphatic carbocycles. The molecule has 39 heavy (non-hydrogen) atoms. The third-order valence-corrected chi connectivity index (χ3v) is 8.46. The van der Waals surface area contributed by atoms with Gasteiger partial charge in [-0.05, 0) is 18.9 Å². The lowest BCUT2D eigenvalue weighted by Crippen LogP contribution is -2.39. The van der Waals surface area contributed by atoms with Gasteiger partial charge in [0.2, 0.25) is 5.90 Å². The predicted molar refractivity (Wildman–Crippen MR) is 156 cm³/mol. The molecule has 2 fully saturated rings. The summed E-state index contributed by atoms with van der Waals surface area (Å²) in [6.07, 6.45) is 2.78. The van der Waals surface area contributed by atoms with Crippen molar-refractivity contribution in [1.82, 2.24) is 10.3 Å². The number of hydrogen-bond donors (Lipinski definition) is 4. The first-order valence-corrected chi connectivity index (χ1v) is 14.0. The van der Waals surface area contributed by atoms with Crippen molar-refractivity contribution in [3.63, 3.8) is 0 Å². The number of nitrogens with one attached hydrogen (secondary N) is 4. The van der Waals surface area contributed by atoms with Crippen LogP contribution in [0.25, 0.3) is 0 Å². The lowest BCUT2D eigenvalue weighted by molar-refractivity contribution is 0.123. The summed E-state index contributed by atoms with van der Waals surface area (Å²) in [5, 5.41) is 25.6. The second-order valence-corrected chi connectivity index (χ2v) is 10.8. The van der Waals surface area contributed by atoms with Crippen LogP contribution >= 0.6 is 11.3 Å². The summed E-state index contributed by atoms with van der Waals surface area (Å²) in [4.78, 5) is 12.0. The van der Waals surface area contributed by atoms with Crippen LogP contribution in [-0.2, 0) is 9.47 Å². The van der Waals surface area contributed by atoms with Crippen LogP contribution in [-0.4, -0.2) is 55.1 Å². The highest BCUT2D eigenvalue weighted by atomic mass is 32.1. The Morgan fingerprint density at radius 1 is 1.08 bits per heavy atom. The number of amidine groups is 1. The van der Waals surface area contributed by atoms with Gasteiger partial charge in [-0.1, -0.05) is 61.5 Å². The van der Waals surface area contributed by atoms with E-state index in [2.05, 4.69) is 22.1 Å². The van der Waals surface area contributed by atoms with Crippen LogP contribution in [0, 0.1) is 10.8 Å². The first-order chi connectivity index (χ1) is 19.1. The maximum atomic E-state index is 8.75. The van der Waals surface area contributed by atoms with Crippen molar-refractivity contribution in [3.05, 3.63) is 88.7 Å². The molecule has 0 radical (unpaired) electrons. The SMILES string of the molecule is C=C1Nc2ccccc2C(c2ccccc2)=NC1NC(=N)OC(=N)c1nc(C2CCC2)sc1N1CCOCC1. The van der Waals surface area contributed by atoms with E-state index in [1.54, 1.807) is 11.3 Å². The largest absolute Gasteiger partial charge is 0.405 e. The summed E-state index contributed by atoms with van der Waals surface area (Å²) in [5.41, 5.74) is 4.61. The monoisotopic (exact) mass is 541 g/mol. The van der Waals surface area contributed by atoms with Gasteiger partial charge in [-0.15, -0.1) is 11.3 Å². The quantitative estimate of drug-likeness (QED) is 0.269. The number of thiazole rings is 1. The van der Waals surface area contributed by atoms with Gasteiger partial charge in [-0.3, -0.25) is 15.8 Å². The topological polar surface area (TPSA) is 119 Å². The minimum atomic E-state index is -0.687. The number of hydrogen-bond acceptors (Lipinski definition) is 9. The highest BCUT2D eigenvalue weighted by Crippen LogP contribution is 2.42. The summed E-state index contributed by atoms with van der Waals surface area (Å²) in [7, 11) is 0. The molecule has 1 saturated heterocycles. The molecular weight excluding hydrogens is 510 g/mol. The van der Waals surface area contributed by atoms with Crippen LogP contribution in [0.2, 0.25) is 0 Å². The number of ether oxygens (including phenoxy) is 2. The molecule has 9 nitrogen and oxygen atoms in total. The van der Waals surface area contributed by atoms with Gasteiger partial charge < -0.3 is 25.0 Å². The second kappa shape index (κ2) is 11.0. The highest BCUT2D eigenvalue weighted by Gasteiger charge is 2.30. The highest BCUT2D eigenvalue weighted by molar-refractivity contribution is 7.16. The zero-order valence-corrected chi connectivity index (χ0v) is 22.4. The van der Waals surface area contributed by atoms with E-state index in [0.29, 0.717) is 30.5 Å². The Balaban J connectivity index is 1.23. The molecule has 1 atom stereocenters.